The lowest BCUT2D eigenvalue weighted by Crippen LogP contribution is -2.16. The van der Waals surface area contributed by atoms with Gasteiger partial charge < -0.3 is 10.8 Å². The smallest absolute Gasteiger partial charge is 0.178 e. The van der Waals surface area contributed by atoms with Crippen molar-refractivity contribution in [2.75, 3.05) is 0 Å². The van der Waals surface area contributed by atoms with Crippen LogP contribution in [-0.4, -0.2) is 10.9 Å². The van der Waals surface area contributed by atoms with E-state index < -0.39 is 34.6 Å². The van der Waals surface area contributed by atoms with Gasteiger partial charge >= 0.3 is 0 Å². The SMILES string of the molecule is N=C(N)c1c(F)c(O)cc(F)c1F. The monoisotopic (exact) mass is 190 g/mol. The highest BCUT2D eigenvalue weighted by atomic mass is 19.2. The number of aromatic hydroxyl groups is 1. The molecule has 70 valence electrons. The number of rotatable bonds is 1. The Hall–Kier alpha value is -1.72. The molecule has 1 aromatic rings. The van der Waals surface area contributed by atoms with Crippen LogP contribution in [0.2, 0.25) is 0 Å². The van der Waals surface area contributed by atoms with Gasteiger partial charge in [-0.1, -0.05) is 0 Å². The molecule has 0 saturated heterocycles. The minimum Gasteiger partial charge on any atom is -0.505 e. The number of benzene rings is 1. The molecule has 6 heteroatoms. The summed E-state index contributed by atoms with van der Waals surface area (Å²) in [6, 6.07) is 0.275. The molecule has 0 aromatic heterocycles. The summed E-state index contributed by atoms with van der Waals surface area (Å²) in [5.74, 6) is -6.54. The second kappa shape index (κ2) is 2.96. The number of halogens is 3. The van der Waals surface area contributed by atoms with Crippen molar-refractivity contribution in [1.82, 2.24) is 0 Å². The van der Waals surface area contributed by atoms with E-state index in [2.05, 4.69) is 0 Å². The van der Waals surface area contributed by atoms with Crippen molar-refractivity contribution in [3.05, 3.63) is 29.1 Å². The molecule has 0 bridgehead atoms. The second-order valence-electron chi connectivity index (χ2n) is 2.29. The first-order valence-corrected chi connectivity index (χ1v) is 3.16. The zero-order valence-electron chi connectivity index (χ0n) is 6.24. The molecule has 0 aliphatic heterocycles. The van der Waals surface area contributed by atoms with Crippen molar-refractivity contribution >= 4 is 5.84 Å². The van der Waals surface area contributed by atoms with Gasteiger partial charge in [-0.25, -0.2) is 13.2 Å². The Kier molecular flexibility index (Phi) is 2.14. The van der Waals surface area contributed by atoms with E-state index in [4.69, 9.17) is 16.2 Å². The Morgan fingerprint density at radius 2 is 1.85 bits per heavy atom. The standard InChI is InChI=1S/C7H5F3N2O/c8-2-1-3(13)6(10)4(5(2)9)7(11)12/h1,13H,(H3,11,12). The first kappa shape index (κ1) is 9.37. The van der Waals surface area contributed by atoms with Crippen LogP contribution in [0, 0.1) is 22.9 Å². The molecular formula is C7H5F3N2O. The lowest BCUT2D eigenvalue weighted by Gasteiger charge is -2.04. The molecule has 1 rings (SSSR count). The Morgan fingerprint density at radius 1 is 1.31 bits per heavy atom. The zero-order chi connectivity index (χ0) is 10.2. The van der Waals surface area contributed by atoms with E-state index in [1.165, 1.54) is 0 Å². The van der Waals surface area contributed by atoms with Gasteiger partial charge in [-0.2, -0.15) is 0 Å². The molecule has 1 aromatic carbocycles. The Bertz CT molecular complexity index is 352. The lowest BCUT2D eigenvalue weighted by atomic mass is 10.1. The van der Waals surface area contributed by atoms with Crippen LogP contribution in [0.15, 0.2) is 6.07 Å². The molecular weight excluding hydrogens is 185 g/mol. The Labute approximate surface area is 71.1 Å². The number of amidine groups is 1. The fourth-order valence-corrected chi connectivity index (χ4v) is 0.827. The van der Waals surface area contributed by atoms with Gasteiger partial charge in [0.15, 0.2) is 23.2 Å². The Morgan fingerprint density at radius 3 is 2.31 bits per heavy atom. The molecule has 0 radical (unpaired) electrons. The van der Waals surface area contributed by atoms with Crippen LogP contribution in [0.4, 0.5) is 13.2 Å². The van der Waals surface area contributed by atoms with Crippen molar-refractivity contribution in [3.63, 3.8) is 0 Å². The number of hydrogen-bond acceptors (Lipinski definition) is 2. The molecule has 0 spiro atoms. The van der Waals surface area contributed by atoms with Gasteiger partial charge in [0, 0.05) is 6.07 Å². The van der Waals surface area contributed by atoms with E-state index in [9.17, 15) is 13.2 Å². The van der Waals surface area contributed by atoms with Gasteiger partial charge in [0.25, 0.3) is 0 Å². The third kappa shape index (κ3) is 1.42. The summed E-state index contributed by atoms with van der Waals surface area (Å²) in [6.07, 6.45) is 0. The average molecular weight is 190 g/mol. The van der Waals surface area contributed by atoms with Gasteiger partial charge in [0.05, 0.1) is 5.56 Å². The zero-order valence-corrected chi connectivity index (χ0v) is 6.24. The van der Waals surface area contributed by atoms with Crippen LogP contribution < -0.4 is 5.73 Å². The minimum atomic E-state index is -1.58. The van der Waals surface area contributed by atoms with Crippen LogP contribution >= 0.6 is 0 Å². The summed E-state index contributed by atoms with van der Waals surface area (Å²) >= 11 is 0. The second-order valence-corrected chi connectivity index (χ2v) is 2.29. The van der Waals surface area contributed by atoms with Gasteiger partial charge in [-0.05, 0) is 0 Å². The number of nitrogens with two attached hydrogens (primary N) is 1. The van der Waals surface area contributed by atoms with E-state index >= 15 is 0 Å². The molecule has 0 aliphatic rings. The highest BCUT2D eigenvalue weighted by Crippen LogP contribution is 2.23. The van der Waals surface area contributed by atoms with Gasteiger partial charge in [0.1, 0.15) is 5.84 Å². The molecule has 0 amide bonds. The van der Waals surface area contributed by atoms with E-state index in [1.54, 1.807) is 0 Å². The molecule has 0 heterocycles. The molecule has 13 heavy (non-hydrogen) atoms. The molecule has 4 N–H and O–H groups in total. The van der Waals surface area contributed by atoms with Crippen LogP contribution in [0.25, 0.3) is 0 Å². The van der Waals surface area contributed by atoms with E-state index in [1.807, 2.05) is 0 Å². The van der Waals surface area contributed by atoms with Crippen molar-refractivity contribution in [3.8, 4) is 5.75 Å². The number of nitrogens with one attached hydrogen (secondary N) is 1. The third-order valence-electron chi connectivity index (χ3n) is 1.41. The summed E-state index contributed by atoms with van der Waals surface area (Å²) in [5, 5.41) is 15.5. The summed E-state index contributed by atoms with van der Waals surface area (Å²) in [4.78, 5) is 0. The molecule has 0 aliphatic carbocycles. The van der Waals surface area contributed by atoms with E-state index in [-0.39, 0.29) is 6.07 Å². The minimum absolute atomic E-state index is 0.275. The fraction of sp³-hybridized carbons (Fsp3) is 0. The van der Waals surface area contributed by atoms with Crippen molar-refractivity contribution < 1.29 is 18.3 Å². The first-order chi connectivity index (χ1) is 5.95. The van der Waals surface area contributed by atoms with Crippen LogP contribution in [0.3, 0.4) is 0 Å². The summed E-state index contributed by atoms with van der Waals surface area (Å²) in [7, 11) is 0. The quantitative estimate of drug-likeness (QED) is 0.352. The van der Waals surface area contributed by atoms with E-state index in [0.29, 0.717) is 0 Å². The predicted molar refractivity (Wildman–Crippen MR) is 39.0 cm³/mol. The first-order valence-electron chi connectivity index (χ1n) is 3.16. The van der Waals surface area contributed by atoms with Crippen molar-refractivity contribution in [2.45, 2.75) is 0 Å². The fourth-order valence-electron chi connectivity index (χ4n) is 0.827. The van der Waals surface area contributed by atoms with E-state index in [0.717, 1.165) is 0 Å². The largest absolute Gasteiger partial charge is 0.505 e. The lowest BCUT2D eigenvalue weighted by molar-refractivity contribution is 0.411. The number of nitrogen functional groups attached to an aromatic ring is 1. The van der Waals surface area contributed by atoms with Gasteiger partial charge in [-0.15, -0.1) is 0 Å². The Balaban J connectivity index is 3.56. The van der Waals surface area contributed by atoms with Crippen LogP contribution in [0.1, 0.15) is 5.56 Å². The topological polar surface area (TPSA) is 70.1 Å². The summed E-state index contributed by atoms with van der Waals surface area (Å²) in [5.41, 5.74) is 3.72. The molecule has 0 unspecified atom stereocenters. The van der Waals surface area contributed by atoms with Gasteiger partial charge in [0.2, 0.25) is 0 Å². The highest BCUT2D eigenvalue weighted by Gasteiger charge is 2.20. The molecule has 0 atom stereocenters. The van der Waals surface area contributed by atoms with Crippen LogP contribution in [0.5, 0.6) is 5.75 Å². The molecule has 0 fully saturated rings. The third-order valence-corrected chi connectivity index (χ3v) is 1.41. The highest BCUT2D eigenvalue weighted by molar-refractivity contribution is 5.95. The van der Waals surface area contributed by atoms with Crippen molar-refractivity contribution in [1.29, 1.82) is 5.41 Å². The maximum Gasteiger partial charge on any atom is 0.178 e. The predicted octanol–water partition coefficient (Wildman–Crippen LogP) is 1.09. The van der Waals surface area contributed by atoms with Crippen molar-refractivity contribution in [2.24, 2.45) is 5.73 Å². The maximum absolute atomic E-state index is 12.8. The molecule has 3 nitrogen and oxygen atoms in total. The van der Waals surface area contributed by atoms with Crippen LogP contribution in [-0.2, 0) is 0 Å². The average Bonchev–Trinajstić information content (AvgIpc) is 2.01. The number of hydrogen-bond donors (Lipinski definition) is 3. The summed E-state index contributed by atoms with van der Waals surface area (Å²) in [6.45, 7) is 0. The maximum atomic E-state index is 12.8. The normalized spacial score (nSPS) is 10.1. The molecule has 0 saturated carbocycles. The number of phenols is 1. The van der Waals surface area contributed by atoms with Gasteiger partial charge in [-0.3, -0.25) is 5.41 Å². The summed E-state index contributed by atoms with van der Waals surface area (Å²) < 4.78 is 38.1. The number of phenolic OH excluding ortho intramolecular Hbond substituents is 1.